The summed E-state index contributed by atoms with van der Waals surface area (Å²) in [5, 5.41) is 11.1. The number of rotatable bonds is 14. The van der Waals surface area contributed by atoms with Crippen LogP contribution in [0.1, 0.15) is 60.9 Å². The lowest BCUT2D eigenvalue weighted by molar-refractivity contribution is -0.128. The Hall–Kier alpha value is -4.20. The number of carbonyl (C=O) groups excluding carboxylic acids is 1. The quantitative estimate of drug-likeness (QED) is 0.131. The van der Waals surface area contributed by atoms with Gasteiger partial charge in [0.15, 0.2) is 5.75 Å². The van der Waals surface area contributed by atoms with E-state index in [9.17, 15) is 14.7 Å². The molecule has 2 amide bonds. The molecule has 0 aromatic heterocycles. The third-order valence-electron chi connectivity index (χ3n) is 8.74. The van der Waals surface area contributed by atoms with Crippen LogP contribution in [0.4, 0.5) is 4.79 Å². The van der Waals surface area contributed by atoms with E-state index in [1.807, 2.05) is 64.1 Å². The topological polar surface area (TPSA) is 79.3 Å². The molecule has 4 rings (SSSR count). The van der Waals surface area contributed by atoms with Gasteiger partial charge in [0.2, 0.25) is 5.91 Å². The van der Waals surface area contributed by atoms with Gasteiger partial charge in [-0.05, 0) is 111 Å². The molecule has 4 aromatic carbocycles. The zero-order valence-corrected chi connectivity index (χ0v) is 31.6. The van der Waals surface area contributed by atoms with Gasteiger partial charge in [-0.15, -0.1) is 0 Å². The van der Waals surface area contributed by atoms with Crippen molar-refractivity contribution in [1.29, 1.82) is 0 Å². The van der Waals surface area contributed by atoms with E-state index in [2.05, 4.69) is 37.3 Å². The standard InChI is InChI=1S/C41H48Cl2N2O5/c1-27-22-36(42)39(37(43)23-27)50-21-20-49-33-16-12-29(13-17-33)25-32(26-45(40(47)48)41(3,4)5)34-18-14-31(24-28(34)2)35-11-9-8-10-30(35)15-19-38(46)44(6)7/h8-14,16-18,22-24,32H,15,19-21,25-26H2,1-7H3,(H,47,48). The van der Waals surface area contributed by atoms with Crippen LogP contribution in [-0.2, 0) is 17.6 Å². The minimum absolute atomic E-state index is 0.0958. The highest BCUT2D eigenvalue weighted by Crippen LogP contribution is 2.35. The number of ether oxygens (including phenoxy) is 2. The molecule has 7 nitrogen and oxygen atoms in total. The van der Waals surface area contributed by atoms with Crippen molar-refractivity contribution in [3.63, 3.8) is 0 Å². The molecule has 4 aromatic rings. The van der Waals surface area contributed by atoms with Crippen LogP contribution in [0.2, 0.25) is 10.0 Å². The van der Waals surface area contributed by atoms with Gasteiger partial charge in [0.25, 0.3) is 0 Å². The van der Waals surface area contributed by atoms with E-state index in [1.165, 1.54) is 4.90 Å². The maximum absolute atomic E-state index is 12.4. The van der Waals surface area contributed by atoms with E-state index in [0.29, 0.717) is 54.0 Å². The Morgan fingerprint density at radius 3 is 2.10 bits per heavy atom. The molecule has 0 spiro atoms. The predicted molar refractivity (Wildman–Crippen MR) is 203 cm³/mol. The SMILES string of the molecule is Cc1cc(Cl)c(OCCOc2ccc(CC(CN(C(=O)O)C(C)(C)C)c3ccc(-c4ccccc4CCC(=O)N(C)C)cc3C)cc2)c(Cl)c1. The fraction of sp³-hybridized carbons (Fsp3) is 0.366. The Morgan fingerprint density at radius 1 is 0.860 bits per heavy atom. The molecule has 0 fully saturated rings. The van der Waals surface area contributed by atoms with Crippen LogP contribution < -0.4 is 9.47 Å². The van der Waals surface area contributed by atoms with Crippen LogP contribution in [0.3, 0.4) is 0 Å². The molecule has 50 heavy (non-hydrogen) atoms. The van der Waals surface area contributed by atoms with E-state index in [1.54, 1.807) is 31.1 Å². The molecule has 0 bridgehead atoms. The molecule has 9 heteroatoms. The number of hydrogen-bond acceptors (Lipinski definition) is 4. The smallest absolute Gasteiger partial charge is 0.407 e. The largest absolute Gasteiger partial charge is 0.490 e. The average molecular weight is 720 g/mol. The molecular weight excluding hydrogens is 671 g/mol. The summed E-state index contributed by atoms with van der Waals surface area (Å²) in [5.41, 5.74) is 6.91. The van der Waals surface area contributed by atoms with Crippen molar-refractivity contribution in [3.8, 4) is 22.6 Å². The average Bonchev–Trinajstić information content (AvgIpc) is 3.04. The van der Waals surface area contributed by atoms with Gasteiger partial charge in [0, 0.05) is 38.5 Å². The molecular formula is C41H48Cl2N2O5. The van der Waals surface area contributed by atoms with E-state index in [4.69, 9.17) is 32.7 Å². The van der Waals surface area contributed by atoms with Gasteiger partial charge in [-0.1, -0.05) is 77.8 Å². The second-order valence-electron chi connectivity index (χ2n) is 13.9. The maximum Gasteiger partial charge on any atom is 0.407 e. The van der Waals surface area contributed by atoms with Gasteiger partial charge in [0.05, 0.1) is 10.0 Å². The van der Waals surface area contributed by atoms with Gasteiger partial charge >= 0.3 is 6.09 Å². The minimum Gasteiger partial charge on any atom is -0.490 e. The van der Waals surface area contributed by atoms with E-state index < -0.39 is 11.6 Å². The van der Waals surface area contributed by atoms with Crippen LogP contribution in [-0.4, -0.2) is 66.3 Å². The first-order valence-corrected chi connectivity index (χ1v) is 17.6. The number of benzene rings is 4. The molecule has 0 saturated carbocycles. The second-order valence-corrected chi connectivity index (χ2v) is 14.7. The molecule has 1 N–H and O–H groups in total. The molecule has 0 saturated heterocycles. The van der Waals surface area contributed by atoms with Gasteiger partial charge in [0.1, 0.15) is 19.0 Å². The number of halogens is 2. The van der Waals surface area contributed by atoms with Gasteiger partial charge < -0.3 is 24.4 Å². The van der Waals surface area contributed by atoms with Crippen molar-refractivity contribution in [2.45, 2.75) is 65.3 Å². The number of aryl methyl sites for hydroxylation is 3. The molecule has 0 aliphatic carbocycles. The van der Waals surface area contributed by atoms with Crippen molar-refractivity contribution in [2.24, 2.45) is 0 Å². The molecule has 0 aliphatic heterocycles. The Balaban J connectivity index is 1.52. The second kappa shape index (κ2) is 17.1. The molecule has 0 heterocycles. The summed E-state index contributed by atoms with van der Waals surface area (Å²) in [4.78, 5) is 27.9. The normalized spacial score (nSPS) is 11.9. The fourth-order valence-electron chi connectivity index (χ4n) is 6.05. The Kier molecular flexibility index (Phi) is 13.2. The maximum atomic E-state index is 12.4. The molecule has 0 radical (unpaired) electrons. The predicted octanol–water partition coefficient (Wildman–Crippen LogP) is 9.86. The number of hydrogen-bond donors (Lipinski definition) is 1. The summed E-state index contributed by atoms with van der Waals surface area (Å²) >= 11 is 12.6. The lowest BCUT2D eigenvalue weighted by Gasteiger charge is -2.36. The fourth-order valence-corrected chi connectivity index (χ4v) is 6.76. The Labute approximate surface area is 306 Å². The molecule has 1 atom stereocenters. The zero-order chi connectivity index (χ0) is 36.6. The summed E-state index contributed by atoms with van der Waals surface area (Å²) in [6.45, 7) is 10.7. The van der Waals surface area contributed by atoms with Crippen LogP contribution in [0.5, 0.6) is 11.5 Å². The summed E-state index contributed by atoms with van der Waals surface area (Å²) in [5.74, 6) is 1.14. The number of carbonyl (C=O) groups is 2. The van der Waals surface area contributed by atoms with Crippen LogP contribution >= 0.6 is 23.2 Å². The van der Waals surface area contributed by atoms with E-state index >= 15 is 0 Å². The first kappa shape index (κ1) is 38.6. The number of carboxylic acid groups (broad SMARTS) is 1. The first-order valence-electron chi connectivity index (χ1n) is 16.8. The third kappa shape index (κ3) is 10.4. The number of amides is 2. The summed E-state index contributed by atoms with van der Waals surface area (Å²) < 4.78 is 11.7. The Morgan fingerprint density at radius 2 is 1.50 bits per heavy atom. The first-order chi connectivity index (χ1) is 23.6. The van der Waals surface area contributed by atoms with Gasteiger partial charge in [-0.3, -0.25) is 4.79 Å². The zero-order valence-electron chi connectivity index (χ0n) is 30.1. The minimum atomic E-state index is -0.947. The lowest BCUT2D eigenvalue weighted by atomic mass is 9.85. The number of nitrogens with zero attached hydrogens (tertiary/aromatic N) is 2. The van der Waals surface area contributed by atoms with Crippen molar-refractivity contribution in [1.82, 2.24) is 9.80 Å². The highest BCUT2D eigenvalue weighted by molar-refractivity contribution is 6.37. The van der Waals surface area contributed by atoms with Crippen LogP contribution in [0.15, 0.2) is 78.9 Å². The van der Waals surface area contributed by atoms with Crippen molar-refractivity contribution in [3.05, 3.63) is 117 Å². The van der Waals surface area contributed by atoms with Gasteiger partial charge in [-0.2, -0.15) is 0 Å². The van der Waals surface area contributed by atoms with Crippen molar-refractivity contribution in [2.75, 3.05) is 33.9 Å². The lowest BCUT2D eigenvalue weighted by Crippen LogP contribution is -2.47. The highest BCUT2D eigenvalue weighted by Gasteiger charge is 2.30. The highest BCUT2D eigenvalue weighted by atomic mass is 35.5. The Bertz CT molecular complexity index is 1760. The monoisotopic (exact) mass is 718 g/mol. The van der Waals surface area contributed by atoms with Crippen LogP contribution in [0.25, 0.3) is 11.1 Å². The van der Waals surface area contributed by atoms with E-state index in [-0.39, 0.29) is 18.4 Å². The molecule has 0 aliphatic rings. The van der Waals surface area contributed by atoms with Crippen molar-refractivity contribution >= 4 is 35.2 Å². The summed E-state index contributed by atoms with van der Waals surface area (Å²) in [7, 11) is 3.55. The van der Waals surface area contributed by atoms with Gasteiger partial charge in [-0.25, -0.2) is 4.79 Å². The van der Waals surface area contributed by atoms with Crippen LogP contribution in [0, 0.1) is 13.8 Å². The third-order valence-corrected chi connectivity index (χ3v) is 9.30. The summed E-state index contributed by atoms with van der Waals surface area (Å²) in [6.07, 6.45) is 0.780. The summed E-state index contributed by atoms with van der Waals surface area (Å²) in [6, 6.07) is 26.1. The van der Waals surface area contributed by atoms with Crippen molar-refractivity contribution < 1.29 is 24.2 Å². The van der Waals surface area contributed by atoms with E-state index in [0.717, 1.165) is 38.9 Å². The molecule has 266 valence electrons. The molecule has 1 unspecified atom stereocenters.